The zero-order valence-corrected chi connectivity index (χ0v) is 16.4. The zero-order chi connectivity index (χ0) is 20.3. The summed E-state index contributed by atoms with van der Waals surface area (Å²) >= 11 is 1.18. The summed E-state index contributed by atoms with van der Waals surface area (Å²) in [6.07, 6.45) is 1.31. The normalized spacial score (nSPS) is 11.8. The molecule has 0 spiro atoms. The number of hydrogen-bond acceptors (Lipinski definition) is 7. The van der Waals surface area contributed by atoms with Crippen molar-refractivity contribution in [2.75, 3.05) is 19.0 Å². The van der Waals surface area contributed by atoms with Crippen LogP contribution in [0.25, 0.3) is 10.2 Å². The van der Waals surface area contributed by atoms with Crippen LogP contribution < -0.4 is 15.6 Å². The predicted molar refractivity (Wildman–Crippen MR) is 106 cm³/mol. The SMILES string of the molecule is CCOC(=O)c1csc2ncn(C(C)C(=O)Nc3ccc(OC)cc3)c(=O)c12. The number of rotatable bonds is 6. The number of anilines is 1. The third kappa shape index (κ3) is 3.74. The van der Waals surface area contributed by atoms with Crippen LogP contribution in [0.1, 0.15) is 30.2 Å². The average molecular weight is 401 g/mol. The van der Waals surface area contributed by atoms with Crippen LogP contribution in [0.15, 0.2) is 40.8 Å². The second-order valence-corrected chi connectivity index (χ2v) is 6.76. The van der Waals surface area contributed by atoms with E-state index in [0.717, 1.165) is 0 Å². The van der Waals surface area contributed by atoms with Crippen molar-refractivity contribution in [1.82, 2.24) is 9.55 Å². The molecule has 0 bridgehead atoms. The molecule has 1 aromatic carbocycles. The predicted octanol–water partition coefficient (Wildman–Crippen LogP) is 2.84. The van der Waals surface area contributed by atoms with E-state index in [-0.39, 0.29) is 23.5 Å². The molecule has 2 aromatic heterocycles. The minimum absolute atomic E-state index is 0.162. The molecule has 0 radical (unpaired) electrons. The lowest BCUT2D eigenvalue weighted by atomic mass is 10.2. The molecular formula is C19H19N3O5S. The average Bonchev–Trinajstić information content (AvgIpc) is 3.14. The van der Waals surface area contributed by atoms with Crippen molar-refractivity contribution < 1.29 is 19.1 Å². The molecule has 1 N–H and O–H groups in total. The van der Waals surface area contributed by atoms with Crippen molar-refractivity contribution >= 4 is 39.1 Å². The first-order valence-corrected chi connectivity index (χ1v) is 9.44. The standard InChI is InChI=1S/C19H19N3O5S/c1-4-27-19(25)14-9-28-17-15(14)18(24)22(10-20-17)11(2)16(23)21-12-5-7-13(26-3)8-6-12/h5-11H,4H2,1-3H3,(H,21,23). The maximum Gasteiger partial charge on any atom is 0.339 e. The molecule has 0 aliphatic carbocycles. The molecule has 3 aromatic rings. The van der Waals surface area contributed by atoms with Gasteiger partial charge in [-0.05, 0) is 38.1 Å². The fraction of sp³-hybridized carbons (Fsp3) is 0.263. The maximum absolute atomic E-state index is 12.9. The van der Waals surface area contributed by atoms with Crippen LogP contribution in [0.2, 0.25) is 0 Å². The number of methoxy groups -OCH3 is 1. The molecule has 9 heteroatoms. The van der Waals surface area contributed by atoms with Gasteiger partial charge in [-0.2, -0.15) is 0 Å². The first-order chi connectivity index (χ1) is 13.5. The van der Waals surface area contributed by atoms with E-state index in [1.165, 1.54) is 22.2 Å². The Morgan fingerprint density at radius 3 is 2.64 bits per heavy atom. The number of thiophene rings is 1. The van der Waals surface area contributed by atoms with E-state index >= 15 is 0 Å². The number of ether oxygens (including phenoxy) is 2. The van der Waals surface area contributed by atoms with Crippen LogP contribution >= 0.6 is 11.3 Å². The Hall–Kier alpha value is -3.20. The molecule has 28 heavy (non-hydrogen) atoms. The van der Waals surface area contributed by atoms with E-state index in [1.54, 1.807) is 50.6 Å². The smallest absolute Gasteiger partial charge is 0.339 e. The third-order valence-corrected chi connectivity index (χ3v) is 5.06. The van der Waals surface area contributed by atoms with Crippen molar-refractivity contribution in [1.29, 1.82) is 0 Å². The second kappa shape index (κ2) is 8.22. The van der Waals surface area contributed by atoms with Crippen molar-refractivity contribution in [3.8, 4) is 5.75 Å². The molecule has 0 fully saturated rings. The fourth-order valence-electron chi connectivity index (χ4n) is 2.63. The van der Waals surface area contributed by atoms with E-state index in [4.69, 9.17) is 9.47 Å². The molecule has 0 aliphatic rings. The molecule has 1 unspecified atom stereocenters. The minimum Gasteiger partial charge on any atom is -0.497 e. The maximum atomic E-state index is 12.9. The first kappa shape index (κ1) is 19.6. The van der Waals surface area contributed by atoms with E-state index in [9.17, 15) is 14.4 Å². The zero-order valence-electron chi connectivity index (χ0n) is 15.6. The quantitative estimate of drug-likeness (QED) is 0.638. The molecule has 1 amide bonds. The van der Waals surface area contributed by atoms with E-state index in [2.05, 4.69) is 10.3 Å². The van der Waals surface area contributed by atoms with Gasteiger partial charge in [0.25, 0.3) is 5.56 Å². The highest BCUT2D eigenvalue weighted by Gasteiger charge is 2.22. The largest absolute Gasteiger partial charge is 0.497 e. The van der Waals surface area contributed by atoms with Crippen molar-refractivity contribution in [3.63, 3.8) is 0 Å². The van der Waals surface area contributed by atoms with Gasteiger partial charge in [0, 0.05) is 11.1 Å². The summed E-state index contributed by atoms with van der Waals surface area (Å²) in [5.74, 6) is -0.303. The number of nitrogens with one attached hydrogen (secondary N) is 1. The van der Waals surface area contributed by atoms with Gasteiger partial charge in [0.1, 0.15) is 16.6 Å². The van der Waals surface area contributed by atoms with Crippen LogP contribution in [-0.2, 0) is 9.53 Å². The number of carbonyl (C=O) groups excluding carboxylic acids is 2. The summed E-state index contributed by atoms with van der Waals surface area (Å²) in [5, 5.41) is 4.45. The first-order valence-electron chi connectivity index (χ1n) is 8.56. The summed E-state index contributed by atoms with van der Waals surface area (Å²) in [4.78, 5) is 42.3. The lowest BCUT2D eigenvalue weighted by Crippen LogP contribution is -2.32. The molecule has 146 valence electrons. The van der Waals surface area contributed by atoms with Gasteiger partial charge in [-0.15, -0.1) is 11.3 Å². The molecule has 0 saturated carbocycles. The highest BCUT2D eigenvalue weighted by Crippen LogP contribution is 2.23. The molecule has 1 atom stereocenters. The van der Waals surface area contributed by atoms with E-state index < -0.39 is 17.6 Å². The van der Waals surface area contributed by atoms with Crippen molar-refractivity contribution in [3.05, 3.63) is 51.9 Å². The van der Waals surface area contributed by atoms with Gasteiger partial charge in [0.2, 0.25) is 5.91 Å². The number of carbonyl (C=O) groups is 2. The number of hydrogen-bond donors (Lipinski definition) is 1. The fourth-order valence-corrected chi connectivity index (χ4v) is 3.49. The second-order valence-electron chi connectivity index (χ2n) is 5.90. The summed E-state index contributed by atoms with van der Waals surface area (Å²) < 4.78 is 11.3. The van der Waals surface area contributed by atoms with Crippen LogP contribution in [-0.4, -0.2) is 35.1 Å². The van der Waals surface area contributed by atoms with Gasteiger partial charge in [-0.3, -0.25) is 14.2 Å². The summed E-state index contributed by atoms with van der Waals surface area (Å²) in [7, 11) is 1.56. The Bertz CT molecular complexity index is 1070. The molecule has 2 heterocycles. The number of amides is 1. The number of benzene rings is 1. The minimum atomic E-state index is -0.832. The Morgan fingerprint density at radius 2 is 2.00 bits per heavy atom. The number of aromatic nitrogens is 2. The monoisotopic (exact) mass is 401 g/mol. The van der Waals surface area contributed by atoms with Crippen molar-refractivity contribution in [2.24, 2.45) is 0 Å². The molecule has 8 nitrogen and oxygen atoms in total. The van der Waals surface area contributed by atoms with Crippen LogP contribution in [0.4, 0.5) is 5.69 Å². The Labute approximate surface area is 164 Å². The Kier molecular flexibility index (Phi) is 5.74. The van der Waals surface area contributed by atoms with Gasteiger partial charge in [0.05, 0.1) is 31.0 Å². The Morgan fingerprint density at radius 1 is 1.29 bits per heavy atom. The van der Waals surface area contributed by atoms with Gasteiger partial charge in [-0.1, -0.05) is 0 Å². The van der Waals surface area contributed by atoms with E-state index in [1.807, 2.05) is 0 Å². The van der Waals surface area contributed by atoms with Gasteiger partial charge in [0.15, 0.2) is 0 Å². The van der Waals surface area contributed by atoms with Gasteiger partial charge < -0.3 is 14.8 Å². The lowest BCUT2D eigenvalue weighted by Gasteiger charge is -2.15. The van der Waals surface area contributed by atoms with Crippen LogP contribution in [0, 0.1) is 0 Å². The summed E-state index contributed by atoms with van der Waals surface area (Å²) in [6, 6.07) is 6.01. The van der Waals surface area contributed by atoms with E-state index in [0.29, 0.717) is 16.3 Å². The number of esters is 1. The highest BCUT2D eigenvalue weighted by atomic mass is 32.1. The molecular weight excluding hydrogens is 382 g/mol. The van der Waals surface area contributed by atoms with Crippen LogP contribution in [0.5, 0.6) is 5.75 Å². The third-order valence-electron chi connectivity index (χ3n) is 4.17. The lowest BCUT2D eigenvalue weighted by molar-refractivity contribution is -0.118. The number of fused-ring (bicyclic) bond motifs is 1. The molecule has 0 aliphatic heterocycles. The summed E-state index contributed by atoms with van der Waals surface area (Å²) in [6.45, 7) is 3.48. The van der Waals surface area contributed by atoms with Gasteiger partial charge >= 0.3 is 5.97 Å². The molecule has 0 saturated heterocycles. The van der Waals surface area contributed by atoms with Crippen LogP contribution in [0.3, 0.4) is 0 Å². The van der Waals surface area contributed by atoms with Gasteiger partial charge in [-0.25, -0.2) is 9.78 Å². The molecule has 3 rings (SSSR count). The highest BCUT2D eigenvalue weighted by molar-refractivity contribution is 7.17. The number of nitrogens with zero attached hydrogens (tertiary/aromatic N) is 2. The summed E-state index contributed by atoms with van der Waals surface area (Å²) in [5.41, 5.74) is 0.269. The Balaban J connectivity index is 1.90. The topological polar surface area (TPSA) is 99.5 Å². The van der Waals surface area contributed by atoms with Crippen molar-refractivity contribution in [2.45, 2.75) is 19.9 Å².